The number of ether oxygens (including phenoxy) is 1. The van der Waals surface area contributed by atoms with Crippen LogP contribution in [0, 0.1) is 5.92 Å². The zero-order valence-corrected chi connectivity index (χ0v) is 14.4. The van der Waals surface area contributed by atoms with Crippen molar-refractivity contribution in [1.82, 2.24) is 25.3 Å². The second-order valence-electron chi connectivity index (χ2n) is 6.20. The summed E-state index contributed by atoms with van der Waals surface area (Å²) in [6.07, 6.45) is 1.54. The Hall–Kier alpha value is -3.23. The molecule has 1 amide bonds. The Labute approximate surface area is 149 Å². The number of hydrogen-bond acceptors (Lipinski definition) is 7. The molecular formula is C17H19N7O2. The fourth-order valence-electron chi connectivity index (χ4n) is 3.12. The zero-order valence-electron chi connectivity index (χ0n) is 14.4. The highest BCUT2D eigenvalue weighted by Crippen LogP contribution is 2.24. The van der Waals surface area contributed by atoms with Crippen LogP contribution in [0.15, 0.2) is 36.4 Å². The fraction of sp³-hybridized carbons (Fsp3) is 0.353. The molecule has 0 bridgehead atoms. The first kappa shape index (κ1) is 16.2. The Morgan fingerprint density at radius 2 is 2.08 bits per heavy atom. The van der Waals surface area contributed by atoms with Crippen molar-refractivity contribution in [2.75, 3.05) is 30.4 Å². The monoisotopic (exact) mass is 353 g/mol. The molecule has 26 heavy (non-hydrogen) atoms. The van der Waals surface area contributed by atoms with Gasteiger partial charge in [-0.3, -0.25) is 4.79 Å². The van der Waals surface area contributed by atoms with Crippen LogP contribution in [0.1, 0.15) is 12.8 Å². The van der Waals surface area contributed by atoms with Gasteiger partial charge in [0.1, 0.15) is 5.75 Å². The van der Waals surface area contributed by atoms with E-state index in [1.54, 1.807) is 7.11 Å². The highest BCUT2D eigenvalue weighted by atomic mass is 16.5. The maximum Gasteiger partial charge on any atom is 0.227 e. The molecule has 0 radical (unpaired) electrons. The van der Waals surface area contributed by atoms with Crippen molar-refractivity contribution in [3.63, 3.8) is 0 Å². The van der Waals surface area contributed by atoms with Crippen molar-refractivity contribution in [2.24, 2.45) is 5.92 Å². The number of hydrogen-bond donors (Lipinski definition) is 1. The Bertz CT molecular complexity index is 918. The highest BCUT2D eigenvalue weighted by molar-refractivity contribution is 5.92. The number of benzene rings is 1. The first-order chi connectivity index (χ1) is 12.7. The van der Waals surface area contributed by atoms with Gasteiger partial charge >= 0.3 is 0 Å². The van der Waals surface area contributed by atoms with E-state index >= 15 is 0 Å². The minimum Gasteiger partial charge on any atom is -0.497 e. The summed E-state index contributed by atoms with van der Waals surface area (Å²) in [6.45, 7) is 1.52. The Kier molecular flexibility index (Phi) is 4.34. The largest absolute Gasteiger partial charge is 0.497 e. The van der Waals surface area contributed by atoms with Gasteiger partial charge < -0.3 is 15.0 Å². The molecule has 0 unspecified atom stereocenters. The van der Waals surface area contributed by atoms with Gasteiger partial charge in [0.2, 0.25) is 5.91 Å². The molecule has 9 nitrogen and oxygen atoms in total. The van der Waals surface area contributed by atoms with E-state index < -0.39 is 0 Å². The minimum absolute atomic E-state index is 0.0192. The average molecular weight is 353 g/mol. The van der Waals surface area contributed by atoms with Crippen LogP contribution in [0.4, 0.5) is 11.5 Å². The van der Waals surface area contributed by atoms with Crippen molar-refractivity contribution >= 4 is 23.1 Å². The number of nitrogens with zero attached hydrogens (tertiary/aromatic N) is 6. The zero-order chi connectivity index (χ0) is 17.9. The van der Waals surface area contributed by atoms with Crippen molar-refractivity contribution in [3.8, 4) is 5.75 Å². The Balaban J connectivity index is 1.37. The van der Waals surface area contributed by atoms with Gasteiger partial charge in [0.15, 0.2) is 11.5 Å². The van der Waals surface area contributed by atoms with Gasteiger partial charge in [-0.2, -0.15) is 0 Å². The SMILES string of the molecule is COc1cccc(NC(=O)C2CCN(c3ccc4nnnn4n3)CC2)c1. The number of anilines is 2. The van der Waals surface area contributed by atoms with Gasteiger partial charge in [-0.25, -0.2) is 0 Å². The molecule has 0 saturated carbocycles. The Morgan fingerprint density at radius 1 is 1.23 bits per heavy atom. The molecule has 0 aliphatic carbocycles. The number of methoxy groups -OCH3 is 1. The third-order valence-electron chi connectivity index (χ3n) is 4.58. The summed E-state index contributed by atoms with van der Waals surface area (Å²) >= 11 is 0. The molecule has 9 heteroatoms. The number of carbonyl (C=O) groups excluding carboxylic acids is 1. The summed E-state index contributed by atoms with van der Waals surface area (Å²) in [5, 5.41) is 18.7. The van der Waals surface area contributed by atoms with Crippen LogP contribution in [0.5, 0.6) is 5.75 Å². The van der Waals surface area contributed by atoms with E-state index in [0.29, 0.717) is 5.65 Å². The number of fused-ring (bicyclic) bond motifs is 1. The maximum absolute atomic E-state index is 12.5. The smallest absolute Gasteiger partial charge is 0.227 e. The summed E-state index contributed by atoms with van der Waals surface area (Å²) < 4.78 is 6.60. The molecule has 4 rings (SSSR count). The van der Waals surface area contributed by atoms with Gasteiger partial charge in [-0.1, -0.05) is 6.07 Å². The van der Waals surface area contributed by atoms with Crippen LogP contribution in [-0.2, 0) is 4.79 Å². The fourth-order valence-corrected chi connectivity index (χ4v) is 3.12. The van der Waals surface area contributed by atoms with Gasteiger partial charge in [0.05, 0.1) is 7.11 Å². The second-order valence-corrected chi connectivity index (χ2v) is 6.20. The number of nitrogens with one attached hydrogen (secondary N) is 1. The van der Waals surface area contributed by atoms with Crippen LogP contribution in [0.2, 0.25) is 0 Å². The van der Waals surface area contributed by atoms with E-state index in [1.807, 2.05) is 36.4 Å². The van der Waals surface area contributed by atoms with E-state index in [4.69, 9.17) is 4.74 Å². The van der Waals surface area contributed by atoms with E-state index in [1.165, 1.54) is 4.63 Å². The molecule has 1 N–H and O–H groups in total. The molecule has 3 aromatic rings. The maximum atomic E-state index is 12.5. The highest BCUT2D eigenvalue weighted by Gasteiger charge is 2.26. The molecule has 1 aliphatic rings. The van der Waals surface area contributed by atoms with Crippen LogP contribution in [0.3, 0.4) is 0 Å². The summed E-state index contributed by atoms with van der Waals surface area (Å²) in [5.41, 5.74) is 1.36. The summed E-state index contributed by atoms with van der Waals surface area (Å²) in [6, 6.07) is 11.1. The number of carbonyl (C=O) groups is 1. The average Bonchev–Trinajstić information content (AvgIpc) is 3.16. The van der Waals surface area contributed by atoms with E-state index in [-0.39, 0.29) is 11.8 Å². The van der Waals surface area contributed by atoms with Crippen molar-refractivity contribution in [2.45, 2.75) is 12.8 Å². The summed E-state index contributed by atoms with van der Waals surface area (Å²) in [4.78, 5) is 14.7. The third-order valence-corrected chi connectivity index (χ3v) is 4.58. The number of amides is 1. The van der Waals surface area contributed by atoms with Gasteiger partial charge in [0, 0.05) is 30.8 Å². The second kappa shape index (κ2) is 6.95. The third kappa shape index (κ3) is 3.28. The van der Waals surface area contributed by atoms with Gasteiger partial charge in [-0.15, -0.1) is 14.8 Å². The predicted octanol–water partition coefficient (Wildman–Crippen LogP) is 1.38. The van der Waals surface area contributed by atoms with E-state index in [2.05, 4.69) is 30.8 Å². The number of aromatic nitrogens is 5. The van der Waals surface area contributed by atoms with Crippen LogP contribution in [-0.4, -0.2) is 51.4 Å². The predicted molar refractivity (Wildman–Crippen MR) is 95.1 cm³/mol. The molecule has 1 aromatic carbocycles. The van der Waals surface area contributed by atoms with Crippen LogP contribution < -0.4 is 15.0 Å². The lowest BCUT2D eigenvalue weighted by atomic mass is 9.96. The first-order valence-corrected chi connectivity index (χ1v) is 8.48. The molecule has 1 aliphatic heterocycles. The first-order valence-electron chi connectivity index (χ1n) is 8.48. The van der Waals surface area contributed by atoms with Crippen molar-refractivity contribution in [3.05, 3.63) is 36.4 Å². The molecule has 0 spiro atoms. The molecule has 134 valence electrons. The van der Waals surface area contributed by atoms with E-state index in [9.17, 15) is 4.79 Å². The standard InChI is InChI=1S/C17H19N7O2/c1-26-14-4-2-3-13(11-14)18-17(25)12-7-9-23(10-8-12)16-6-5-15-19-21-22-24(15)20-16/h2-6,11-12H,7-10H2,1H3,(H,18,25). The topological polar surface area (TPSA) is 97.5 Å². The van der Waals surface area contributed by atoms with Crippen LogP contribution in [0.25, 0.3) is 5.65 Å². The molecule has 3 heterocycles. The molecule has 0 atom stereocenters. The van der Waals surface area contributed by atoms with Crippen molar-refractivity contribution in [1.29, 1.82) is 0 Å². The molecule has 1 fully saturated rings. The molecule has 2 aromatic heterocycles. The minimum atomic E-state index is -0.0192. The normalized spacial score (nSPS) is 15.2. The summed E-state index contributed by atoms with van der Waals surface area (Å²) in [7, 11) is 1.61. The lowest BCUT2D eigenvalue weighted by Gasteiger charge is -2.31. The van der Waals surface area contributed by atoms with E-state index in [0.717, 1.165) is 43.2 Å². The number of piperidine rings is 1. The lowest BCUT2D eigenvalue weighted by molar-refractivity contribution is -0.120. The lowest BCUT2D eigenvalue weighted by Crippen LogP contribution is -2.38. The summed E-state index contributed by atoms with van der Waals surface area (Å²) in [5.74, 6) is 1.56. The van der Waals surface area contributed by atoms with Crippen LogP contribution >= 0.6 is 0 Å². The molecule has 1 saturated heterocycles. The number of tetrazole rings is 1. The Morgan fingerprint density at radius 3 is 2.88 bits per heavy atom. The number of rotatable bonds is 4. The van der Waals surface area contributed by atoms with Gasteiger partial charge in [0.25, 0.3) is 0 Å². The van der Waals surface area contributed by atoms with Crippen molar-refractivity contribution < 1.29 is 9.53 Å². The van der Waals surface area contributed by atoms with Gasteiger partial charge in [-0.05, 0) is 47.5 Å². The quantitative estimate of drug-likeness (QED) is 0.757. The molecular weight excluding hydrogens is 334 g/mol.